The molecule has 0 amide bonds. The maximum Gasteiger partial charge on any atom is 0.226 e. The monoisotopic (exact) mass is 406 g/mol. The van der Waals surface area contributed by atoms with Gasteiger partial charge in [0.25, 0.3) is 0 Å². The second-order valence-corrected chi connectivity index (χ2v) is 8.83. The van der Waals surface area contributed by atoms with Crippen LogP contribution < -0.4 is 4.74 Å². The van der Waals surface area contributed by atoms with E-state index in [0.717, 1.165) is 42.3 Å². The molecule has 1 saturated heterocycles. The van der Waals surface area contributed by atoms with Crippen LogP contribution in [0.4, 0.5) is 0 Å². The van der Waals surface area contributed by atoms with Crippen molar-refractivity contribution in [3.8, 4) is 5.88 Å². The predicted molar refractivity (Wildman–Crippen MR) is 117 cm³/mol. The van der Waals surface area contributed by atoms with Gasteiger partial charge in [0.15, 0.2) is 6.29 Å². The van der Waals surface area contributed by atoms with E-state index in [1.165, 1.54) is 11.9 Å². The fourth-order valence-electron chi connectivity index (χ4n) is 3.64. The van der Waals surface area contributed by atoms with E-state index in [-0.39, 0.29) is 11.7 Å². The number of aromatic nitrogens is 2. The number of fused-ring (bicyclic) bond motifs is 1. The smallest absolute Gasteiger partial charge is 0.226 e. The molecule has 4 rings (SSSR count). The molecular weight excluding hydrogens is 376 g/mol. The zero-order valence-electron chi connectivity index (χ0n) is 18.0. The second kappa shape index (κ2) is 9.11. The van der Waals surface area contributed by atoms with Crippen molar-refractivity contribution < 1.29 is 14.2 Å². The van der Waals surface area contributed by atoms with Crippen molar-refractivity contribution in [3.63, 3.8) is 0 Å². The van der Waals surface area contributed by atoms with Crippen LogP contribution in [0.25, 0.3) is 10.9 Å². The van der Waals surface area contributed by atoms with Gasteiger partial charge in [-0.25, -0.2) is 9.97 Å². The Morgan fingerprint density at radius 1 is 1.03 bits per heavy atom. The Morgan fingerprint density at radius 3 is 2.57 bits per heavy atom. The van der Waals surface area contributed by atoms with Crippen LogP contribution in [-0.2, 0) is 21.3 Å². The van der Waals surface area contributed by atoms with Gasteiger partial charge in [-0.1, -0.05) is 57.2 Å². The average molecular weight is 407 g/mol. The molecule has 1 fully saturated rings. The van der Waals surface area contributed by atoms with Crippen LogP contribution in [0.2, 0.25) is 0 Å². The van der Waals surface area contributed by atoms with Gasteiger partial charge in [0.1, 0.15) is 6.33 Å². The summed E-state index contributed by atoms with van der Waals surface area (Å²) < 4.78 is 18.3. The summed E-state index contributed by atoms with van der Waals surface area (Å²) >= 11 is 0. The largest absolute Gasteiger partial charge is 0.447 e. The lowest BCUT2D eigenvalue weighted by Crippen LogP contribution is -2.33. The number of nitrogens with zero attached hydrogens (tertiary/aromatic N) is 2. The number of hydrogen-bond acceptors (Lipinski definition) is 5. The Labute approximate surface area is 178 Å². The quantitative estimate of drug-likeness (QED) is 0.512. The summed E-state index contributed by atoms with van der Waals surface area (Å²) in [5.41, 5.74) is 3.44. The fourth-order valence-corrected chi connectivity index (χ4v) is 3.64. The minimum atomic E-state index is -0.494. The molecule has 0 radical (unpaired) electrons. The molecule has 5 nitrogen and oxygen atoms in total. The van der Waals surface area contributed by atoms with Crippen molar-refractivity contribution in [1.82, 2.24) is 9.97 Å². The number of ether oxygens (including phenoxy) is 3. The molecule has 2 aromatic carbocycles. The van der Waals surface area contributed by atoms with Gasteiger partial charge >= 0.3 is 0 Å². The lowest BCUT2D eigenvalue weighted by molar-refractivity contribution is -0.231. The lowest BCUT2D eigenvalue weighted by Gasteiger charge is -2.28. The van der Waals surface area contributed by atoms with Gasteiger partial charge in [-0.15, -0.1) is 0 Å². The summed E-state index contributed by atoms with van der Waals surface area (Å²) in [4.78, 5) is 8.70. The van der Waals surface area contributed by atoms with Gasteiger partial charge in [-0.3, -0.25) is 0 Å². The molecule has 2 atom stereocenters. The van der Waals surface area contributed by atoms with Crippen LogP contribution in [0.5, 0.6) is 5.88 Å². The van der Waals surface area contributed by atoms with Gasteiger partial charge in [0.05, 0.1) is 10.9 Å². The highest BCUT2D eigenvalue weighted by Gasteiger charge is 2.23. The molecule has 1 aromatic heterocycles. The van der Waals surface area contributed by atoms with Crippen molar-refractivity contribution in [2.24, 2.45) is 0 Å². The van der Waals surface area contributed by atoms with Gasteiger partial charge in [0.2, 0.25) is 12.2 Å². The van der Waals surface area contributed by atoms with E-state index in [2.05, 4.69) is 55.0 Å². The van der Waals surface area contributed by atoms with Crippen LogP contribution in [0.1, 0.15) is 51.2 Å². The molecule has 1 aliphatic heterocycles. The molecule has 2 unspecified atom stereocenters. The van der Waals surface area contributed by atoms with Gasteiger partial charge in [-0.05, 0) is 47.9 Å². The Balaban J connectivity index is 1.56. The second-order valence-electron chi connectivity index (χ2n) is 8.83. The topological polar surface area (TPSA) is 53.5 Å². The summed E-state index contributed by atoms with van der Waals surface area (Å²) in [5, 5.41) is 0.876. The molecule has 5 heteroatoms. The minimum Gasteiger partial charge on any atom is -0.447 e. The third-order valence-corrected chi connectivity index (χ3v) is 5.41. The van der Waals surface area contributed by atoms with E-state index in [4.69, 9.17) is 14.2 Å². The number of rotatable bonds is 6. The van der Waals surface area contributed by atoms with E-state index in [9.17, 15) is 0 Å². The van der Waals surface area contributed by atoms with Crippen LogP contribution >= 0.6 is 0 Å². The minimum absolute atomic E-state index is 0.126. The van der Waals surface area contributed by atoms with Crippen molar-refractivity contribution >= 4 is 10.9 Å². The SMILES string of the molecule is CC(C)(C)c1ccc(CC(Oc2ncnc3ccccc23)OC2CCCCO2)cc1. The Kier molecular flexibility index (Phi) is 6.30. The first kappa shape index (κ1) is 20.8. The number of benzene rings is 2. The van der Waals surface area contributed by atoms with E-state index in [1.54, 1.807) is 0 Å². The van der Waals surface area contributed by atoms with E-state index < -0.39 is 6.29 Å². The zero-order valence-corrected chi connectivity index (χ0v) is 18.0. The van der Waals surface area contributed by atoms with Crippen molar-refractivity contribution in [3.05, 3.63) is 66.0 Å². The average Bonchev–Trinajstić information content (AvgIpc) is 2.74. The Bertz CT molecular complexity index is 955. The lowest BCUT2D eigenvalue weighted by atomic mass is 9.86. The molecule has 0 saturated carbocycles. The van der Waals surface area contributed by atoms with Crippen LogP contribution in [0.3, 0.4) is 0 Å². The van der Waals surface area contributed by atoms with E-state index in [1.807, 2.05) is 24.3 Å². The van der Waals surface area contributed by atoms with Crippen LogP contribution in [0.15, 0.2) is 54.9 Å². The molecular formula is C25H30N2O3. The number of para-hydroxylation sites is 1. The third kappa shape index (κ3) is 5.15. The van der Waals surface area contributed by atoms with Crippen molar-refractivity contribution in [1.29, 1.82) is 0 Å². The van der Waals surface area contributed by atoms with Gasteiger partial charge < -0.3 is 14.2 Å². The first-order valence-corrected chi connectivity index (χ1v) is 10.7. The molecule has 1 aliphatic rings. The maximum absolute atomic E-state index is 6.28. The molecule has 2 heterocycles. The van der Waals surface area contributed by atoms with Crippen LogP contribution in [0, 0.1) is 0 Å². The normalized spacial score (nSPS) is 18.3. The molecule has 0 N–H and O–H groups in total. The summed E-state index contributed by atoms with van der Waals surface area (Å²) in [6, 6.07) is 16.5. The standard InChI is InChI=1S/C25H30N2O3/c1-25(2,3)19-13-11-18(12-14-19)16-23(29-22-10-6-7-15-28-22)30-24-20-8-4-5-9-21(20)26-17-27-24/h4-5,8-9,11-14,17,22-23H,6-7,10,15-16H2,1-3H3. The van der Waals surface area contributed by atoms with E-state index >= 15 is 0 Å². The molecule has 3 aromatic rings. The highest BCUT2D eigenvalue weighted by Crippen LogP contribution is 2.26. The Hall–Kier alpha value is -2.50. The zero-order chi connectivity index (χ0) is 21.0. The molecule has 158 valence electrons. The first-order valence-electron chi connectivity index (χ1n) is 10.7. The molecule has 0 aliphatic carbocycles. The molecule has 30 heavy (non-hydrogen) atoms. The predicted octanol–water partition coefficient (Wildman–Crippen LogP) is 5.42. The fraction of sp³-hybridized carbons (Fsp3) is 0.440. The van der Waals surface area contributed by atoms with Crippen molar-refractivity contribution in [2.45, 2.75) is 64.4 Å². The first-order chi connectivity index (χ1) is 14.5. The third-order valence-electron chi connectivity index (χ3n) is 5.41. The summed E-state index contributed by atoms with van der Waals surface area (Å²) in [7, 11) is 0. The summed E-state index contributed by atoms with van der Waals surface area (Å²) in [6.45, 7) is 7.39. The highest BCUT2D eigenvalue weighted by molar-refractivity contribution is 5.82. The van der Waals surface area contributed by atoms with Gasteiger partial charge in [-0.2, -0.15) is 0 Å². The molecule has 0 spiro atoms. The van der Waals surface area contributed by atoms with Crippen molar-refractivity contribution in [2.75, 3.05) is 6.61 Å². The van der Waals surface area contributed by atoms with E-state index in [0.29, 0.717) is 12.3 Å². The maximum atomic E-state index is 6.28. The highest BCUT2D eigenvalue weighted by atomic mass is 16.8. The van der Waals surface area contributed by atoms with Gasteiger partial charge in [0, 0.05) is 13.0 Å². The summed E-state index contributed by atoms with van der Waals surface area (Å²) in [6.07, 6.45) is 4.47. The van der Waals surface area contributed by atoms with Crippen LogP contribution in [-0.4, -0.2) is 29.2 Å². The Morgan fingerprint density at radius 2 is 1.83 bits per heavy atom. The summed E-state index contributed by atoms with van der Waals surface area (Å²) in [5.74, 6) is 0.535. The number of hydrogen-bond donors (Lipinski definition) is 0. The molecule has 0 bridgehead atoms.